The fraction of sp³-hybridized carbons (Fsp3) is 0.188. The summed E-state index contributed by atoms with van der Waals surface area (Å²) in [5, 5.41) is 0. The first-order valence-corrected chi connectivity index (χ1v) is 6.19. The SMILES string of the molecule is CN(C)c1ccc(C=O)cc1.COc1ccccc1N. The van der Waals surface area contributed by atoms with Crippen LogP contribution >= 0.6 is 0 Å². The Balaban J connectivity index is 0.000000204. The summed E-state index contributed by atoms with van der Waals surface area (Å²) >= 11 is 0. The molecule has 0 unspecified atom stereocenters. The highest BCUT2D eigenvalue weighted by Crippen LogP contribution is 2.18. The van der Waals surface area contributed by atoms with Crippen molar-refractivity contribution < 1.29 is 9.53 Å². The van der Waals surface area contributed by atoms with Crippen molar-refractivity contribution in [2.24, 2.45) is 0 Å². The second-order valence-electron chi connectivity index (χ2n) is 4.35. The predicted molar refractivity (Wildman–Crippen MR) is 83.6 cm³/mol. The Labute approximate surface area is 119 Å². The Morgan fingerprint density at radius 3 is 2.05 bits per heavy atom. The average Bonchev–Trinajstić information content (AvgIpc) is 2.48. The molecule has 0 spiro atoms. The fourth-order valence-corrected chi connectivity index (χ4v) is 1.52. The number of hydrogen-bond acceptors (Lipinski definition) is 4. The monoisotopic (exact) mass is 272 g/mol. The van der Waals surface area contributed by atoms with E-state index in [-0.39, 0.29) is 0 Å². The minimum absolute atomic E-state index is 0.681. The Morgan fingerprint density at radius 1 is 1.05 bits per heavy atom. The Bertz CT molecular complexity index is 536. The van der Waals surface area contributed by atoms with Gasteiger partial charge in [0.1, 0.15) is 12.0 Å². The molecule has 0 fully saturated rings. The van der Waals surface area contributed by atoms with Crippen LogP contribution in [-0.2, 0) is 0 Å². The molecule has 0 aromatic heterocycles. The number of nitrogen functional groups attached to an aromatic ring is 1. The number of anilines is 2. The molecule has 0 aliphatic carbocycles. The van der Waals surface area contributed by atoms with E-state index >= 15 is 0 Å². The minimum Gasteiger partial charge on any atom is -0.495 e. The van der Waals surface area contributed by atoms with Gasteiger partial charge in [0.2, 0.25) is 0 Å². The van der Waals surface area contributed by atoms with Crippen molar-refractivity contribution >= 4 is 17.7 Å². The summed E-state index contributed by atoms with van der Waals surface area (Å²) < 4.78 is 4.92. The van der Waals surface area contributed by atoms with Gasteiger partial charge in [0.05, 0.1) is 12.8 Å². The number of nitrogens with zero attached hydrogens (tertiary/aromatic N) is 1. The molecule has 0 amide bonds. The number of nitrogens with two attached hydrogens (primary N) is 1. The van der Waals surface area contributed by atoms with E-state index in [2.05, 4.69) is 0 Å². The standard InChI is InChI=1S/C9H11NO.C7H9NO/c1-10(2)9-5-3-8(7-11)4-6-9;1-9-7-5-3-2-4-6(7)8/h3-7H,1-2H3;2-5H,8H2,1H3. The molecule has 0 aliphatic rings. The molecule has 106 valence electrons. The first kappa shape index (κ1) is 15.6. The van der Waals surface area contributed by atoms with Crippen LogP contribution in [0.1, 0.15) is 10.4 Å². The van der Waals surface area contributed by atoms with Gasteiger partial charge in [-0.1, -0.05) is 12.1 Å². The zero-order valence-electron chi connectivity index (χ0n) is 12.0. The topological polar surface area (TPSA) is 55.6 Å². The predicted octanol–water partition coefficient (Wildman–Crippen LogP) is 2.84. The molecule has 0 saturated heterocycles. The zero-order valence-corrected chi connectivity index (χ0v) is 12.0. The van der Waals surface area contributed by atoms with Crippen LogP contribution in [-0.4, -0.2) is 27.5 Å². The van der Waals surface area contributed by atoms with E-state index in [1.54, 1.807) is 13.2 Å². The lowest BCUT2D eigenvalue weighted by molar-refractivity contribution is 0.112. The molecule has 4 nitrogen and oxygen atoms in total. The number of benzene rings is 2. The molecule has 2 aromatic rings. The minimum atomic E-state index is 0.681. The van der Waals surface area contributed by atoms with E-state index in [9.17, 15) is 4.79 Å². The number of para-hydroxylation sites is 2. The van der Waals surface area contributed by atoms with E-state index in [0.29, 0.717) is 5.69 Å². The average molecular weight is 272 g/mol. The molecule has 0 aliphatic heterocycles. The Morgan fingerprint density at radius 2 is 1.65 bits per heavy atom. The lowest BCUT2D eigenvalue weighted by Crippen LogP contribution is -2.08. The van der Waals surface area contributed by atoms with Gasteiger partial charge < -0.3 is 15.4 Å². The molecule has 0 radical (unpaired) electrons. The summed E-state index contributed by atoms with van der Waals surface area (Å²) in [6.07, 6.45) is 0.847. The second-order valence-corrected chi connectivity index (χ2v) is 4.35. The van der Waals surface area contributed by atoms with Crippen LogP contribution in [0.5, 0.6) is 5.75 Å². The first-order valence-electron chi connectivity index (χ1n) is 6.19. The number of ether oxygens (including phenoxy) is 1. The smallest absolute Gasteiger partial charge is 0.150 e. The van der Waals surface area contributed by atoms with Gasteiger partial charge in [0.25, 0.3) is 0 Å². The van der Waals surface area contributed by atoms with Gasteiger partial charge in [0, 0.05) is 25.3 Å². The molecule has 2 aromatic carbocycles. The normalized spacial score (nSPS) is 9.15. The van der Waals surface area contributed by atoms with Gasteiger partial charge in [0.15, 0.2) is 0 Å². The first-order chi connectivity index (χ1) is 9.58. The van der Waals surface area contributed by atoms with E-state index in [0.717, 1.165) is 23.3 Å². The van der Waals surface area contributed by atoms with Gasteiger partial charge >= 0.3 is 0 Å². The summed E-state index contributed by atoms with van der Waals surface area (Å²) in [4.78, 5) is 12.3. The van der Waals surface area contributed by atoms with Crippen molar-refractivity contribution in [1.29, 1.82) is 0 Å². The largest absolute Gasteiger partial charge is 0.495 e. The number of carbonyl (C=O) groups excluding carboxylic acids is 1. The maximum Gasteiger partial charge on any atom is 0.150 e. The van der Waals surface area contributed by atoms with Crippen LogP contribution < -0.4 is 15.4 Å². The van der Waals surface area contributed by atoms with Crippen LogP contribution in [0.2, 0.25) is 0 Å². The lowest BCUT2D eigenvalue weighted by Gasteiger charge is -2.11. The van der Waals surface area contributed by atoms with Crippen molar-refractivity contribution in [2.45, 2.75) is 0 Å². The van der Waals surface area contributed by atoms with Crippen LogP contribution in [0.4, 0.5) is 11.4 Å². The highest BCUT2D eigenvalue weighted by molar-refractivity contribution is 5.75. The Hall–Kier alpha value is -2.49. The number of rotatable bonds is 3. The molecule has 20 heavy (non-hydrogen) atoms. The molecule has 4 heteroatoms. The van der Waals surface area contributed by atoms with Crippen LogP contribution in [0.15, 0.2) is 48.5 Å². The summed E-state index contributed by atoms with van der Waals surface area (Å²) in [7, 11) is 5.54. The number of aldehydes is 1. The van der Waals surface area contributed by atoms with Crippen LogP contribution in [0.3, 0.4) is 0 Å². The number of carbonyl (C=O) groups is 1. The fourth-order valence-electron chi connectivity index (χ4n) is 1.52. The third-order valence-corrected chi connectivity index (χ3v) is 2.68. The number of hydrogen-bond donors (Lipinski definition) is 1. The van der Waals surface area contributed by atoms with Gasteiger partial charge in [-0.25, -0.2) is 0 Å². The van der Waals surface area contributed by atoms with Gasteiger partial charge in [-0.3, -0.25) is 4.79 Å². The van der Waals surface area contributed by atoms with Crippen molar-refractivity contribution in [3.8, 4) is 5.75 Å². The van der Waals surface area contributed by atoms with E-state index in [1.807, 2.05) is 61.5 Å². The van der Waals surface area contributed by atoms with Crippen LogP contribution in [0, 0.1) is 0 Å². The van der Waals surface area contributed by atoms with Gasteiger partial charge in [-0.15, -0.1) is 0 Å². The number of methoxy groups -OCH3 is 1. The maximum atomic E-state index is 10.3. The summed E-state index contributed by atoms with van der Waals surface area (Å²) in [6, 6.07) is 14.8. The van der Waals surface area contributed by atoms with Crippen molar-refractivity contribution in [1.82, 2.24) is 0 Å². The third-order valence-electron chi connectivity index (χ3n) is 2.68. The molecule has 2 rings (SSSR count). The third kappa shape index (κ3) is 4.65. The second kappa shape index (κ2) is 7.84. The van der Waals surface area contributed by atoms with E-state index in [1.165, 1.54) is 0 Å². The summed E-state index contributed by atoms with van der Waals surface area (Å²) in [6.45, 7) is 0. The quantitative estimate of drug-likeness (QED) is 0.689. The molecular weight excluding hydrogens is 252 g/mol. The molecule has 0 saturated carbocycles. The Kier molecular flexibility index (Phi) is 6.10. The lowest BCUT2D eigenvalue weighted by atomic mass is 10.2. The summed E-state index contributed by atoms with van der Waals surface area (Å²) in [5.74, 6) is 0.734. The van der Waals surface area contributed by atoms with Crippen molar-refractivity contribution in [3.63, 3.8) is 0 Å². The van der Waals surface area contributed by atoms with Crippen molar-refractivity contribution in [2.75, 3.05) is 31.8 Å². The molecule has 0 heterocycles. The molecule has 0 bridgehead atoms. The molecule has 0 atom stereocenters. The van der Waals surface area contributed by atoms with E-state index < -0.39 is 0 Å². The highest BCUT2D eigenvalue weighted by atomic mass is 16.5. The maximum absolute atomic E-state index is 10.3. The van der Waals surface area contributed by atoms with Crippen molar-refractivity contribution in [3.05, 3.63) is 54.1 Å². The molecule has 2 N–H and O–H groups in total. The van der Waals surface area contributed by atoms with Crippen LogP contribution in [0.25, 0.3) is 0 Å². The highest BCUT2D eigenvalue weighted by Gasteiger charge is 1.93. The van der Waals surface area contributed by atoms with Gasteiger partial charge in [-0.2, -0.15) is 0 Å². The van der Waals surface area contributed by atoms with Gasteiger partial charge in [-0.05, 0) is 36.4 Å². The summed E-state index contributed by atoms with van der Waals surface area (Å²) in [5.41, 5.74) is 8.01. The molecular formula is C16H20N2O2. The van der Waals surface area contributed by atoms with E-state index in [4.69, 9.17) is 10.5 Å². The zero-order chi connectivity index (χ0) is 15.0.